The molecule has 1 aromatic heterocycles. The number of benzene rings is 1. The smallest absolute Gasteiger partial charge is 0.404 e. The largest absolute Gasteiger partial charge is 0.493 e. The third-order valence-electron chi connectivity index (χ3n) is 3.92. The van der Waals surface area contributed by atoms with Crippen molar-refractivity contribution in [3.8, 4) is 11.4 Å². The molecule has 0 saturated carbocycles. The second-order valence-electron chi connectivity index (χ2n) is 5.59. The Kier molecular flexibility index (Phi) is 5.22. The summed E-state index contributed by atoms with van der Waals surface area (Å²) in [5, 5.41) is 16.1. The van der Waals surface area contributed by atoms with Gasteiger partial charge in [0, 0.05) is 18.7 Å². The Morgan fingerprint density at radius 3 is 2.92 bits per heavy atom. The van der Waals surface area contributed by atoms with Crippen LogP contribution >= 0.6 is 11.6 Å². The van der Waals surface area contributed by atoms with E-state index in [0.717, 1.165) is 17.9 Å². The van der Waals surface area contributed by atoms with Crippen molar-refractivity contribution in [2.24, 2.45) is 5.92 Å². The minimum Gasteiger partial charge on any atom is -0.493 e. The fourth-order valence-electron chi connectivity index (χ4n) is 2.64. The van der Waals surface area contributed by atoms with Gasteiger partial charge in [-0.05, 0) is 30.7 Å². The molecule has 1 fully saturated rings. The van der Waals surface area contributed by atoms with E-state index in [1.807, 2.05) is 24.3 Å². The summed E-state index contributed by atoms with van der Waals surface area (Å²) in [6.45, 7) is 1.42. The first-order valence-corrected chi connectivity index (χ1v) is 8.00. The zero-order valence-electron chi connectivity index (χ0n) is 12.9. The fraction of sp³-hybridized carbons (Fsp3) is 0.375. The van der Waals surface area contributed by atoms with Crippen molar-refractivity contribution < 1.29 is 19.4 Å². The molecule has 0 spiro atoms. The molecule has 1 aliphatic heterocycles. The van der Waals surface area contributed by atoms with Gasteiger partial charge in [-0.3, -0.25) is 0 Å². The molecule has 0 aliphatic carbocycles. The van der Waals surface area contributed by atoms with Gasteiger partial charge in [0.25, 0.3) is 0 Å². The number of hydrogen-bond acceptors (Lipinski definition) is 4. The number of carbonyl (C=O) groups is 1. The number of aromatic nitrogens is 2. The summed E-state index contributed by atoms with van der Waals surface area (Å²) in [5.74, 6) is 0.803. The summed E-state index contributed by atoms with van der Waals surface area (Å²) < 4.78 is 12.8. The van der Waals surface area contributed by atoms with Gasteiger partial charge in [0.05, 0.1) is 36.2 Å². The number of halogens is 1. The lowest BCUT2D eigenvalue weighted by atomic mass is 9.96. The van der Waals surface area contributed by atoms with Gasteiger partial charge in [0.2, 0.25) is 0 Å². The first-order chi connectivity index (χ1) is 11.6. The highest BCUT2D eigenvalue weighted by molar-refractivity contribution is 6.30. The van der Waals surface area contributed by atoms with Crippen LogP contribution in [0.3, 0.4) is 0 Å². The van der Waals surface area contributed by atoms with E-state index in [2.05, 4.69) is 10.4 Å². The molecule has 0 bridgehead atoms. The molecule has 128 valence electrons. The van der Waals surface area contributed by atoms with Crippen LogP contribution < -0.4 is 10.1 Å². The summed E-state index contributed by atoms with van der Waals surface area (Å²) in [7, 11) is 0. The molecule has 8 heteroatoms. The molecule has 3 rings (SSSR count). The van der Waals surface area contributed by atoms with E-state index in [0.29, 0.717) is 24.8 Å². The highest BCUT2D eigenvalue weighted by Crippen LogP contribution is 2.20. The van der Waals surface area contributed by atoms with Gasteiger partial charge in [0.15, 0.2) is 0 Å². The van der Waals surface area contributed by atoms with Gasteiger partial charge in [-0.25, -0.2) is 9.48 Å². The van der Waals surface area contributed by atoms with E-state index in [1.165, 1.54) is 0 Å². The number of hydrogen-bond donors (Lipinski definition) is 2. The van der Waals surface area contributed by atoms with Crippen LogP contribution in [0.2, 0.25) is 5.02 Å². The summed E-state index contributed by atoms with van der Waals surface area (Å²) in [6, 6.07) is 7.22. The molecule has 2 heterocycles. The maximum atomic E-state index is 10.8. The van der Waals surface area contributed by atoms with E-state index >= 15 is 0 Å². The molecular weight excluding hydrogens is 334 g/mol. The number of amides is 1. The van der Waals surface area contributed by atoms with Crippen molar-refractivity contribution >= 4 is 17.7 Å². The van der Waals surface area contributed by atoms with Gasteiger partial charge in [-0.2, -0.15) is 5.10 Å². The van der Waals surface area contributed by atoms with Crippen molar-refractivity contribution in [3.63, 3.8) is 0 Å². The standard InChI is InChI=1S/C16H18ClN3O4/c17-12-7-18-20(8-12)13-1-3-14(4-2-13)24-9-11-5-6-23-10-15(11)19-16(21)22/h1-4,7-8,11,15,19H,5-6,9-10H2,(H,21,22)/t11-,15+/m1/s1. The van der Waals surface area contributed by atoms with E-state index in [4.69, 9.17) is 26.2 Å². The second-order valence-corrected chi connectivity index (χ2v) is 6.02. The van der Waals surface area contributed by atoms with Gasteiger partial charge in [0.1, 0.15) is 5.75 Å². The predicted octanol–water partition coefficient (Wildman–Crippen LogP) is 2.58. The maximum absolute atomic E-state index is 10.8. The Bertz CT molecular complexity index is 689. The number of nitrogens with zero attached hydrogens (tertiary/aromatic N) is 2. The molecule has 2 atom stereocenters. The highest BCUT2D eigenvalue weighted by Gasteiger charge is 2.27. The summed E-state index contributed by atoms with van der Waals surface area (Å²) in [4.78, 5) is 10.8. The third kappa shape index (κ3) is 4.18. The van der Waals surface area contributed by atoms with Gasteiger partial charge in [-0.15, -0.1) is 0 Å². The van der Waals surface area contributed by atoms with Crippen LogP contribution in [0.1, 0.15) is 6.42 Å². The fourth-order valence-corrected chi connectivity index (χ4v) is 2.78. The van der Waals surface area contributed by atoms with Crippen molar-refractivity contribution in [2.45, 2.75) is 12.5 Å². The average Bonchev–Trinajstić information content (AvgIpc) is 3.00. The minimum atomic E-state index is -1.04. The van der Waals surface area contributed by atoms with E-state index in [9.17, 15) is 4.79 Å². The quantitative estimate of drug-likeness (QED) is 0.864. The Morgan fingerprint density at radius 2 is 2.25 bits per heavy atom. The molecule has 7 nitrogen and oxygen atoms in total. The Hall–Kier alpha value is -2.25. The lowest BCUT2D eigenvalue weighted by Gasteiger charge is -2.31. The molecule has 1 amide bonds. The average molecular weight is 352 g/mol. The first-order valence-electron chi connectivity index (χ1n) is 7.62. The summed E-state index contributed by atoms with van der Waals surface area (Å²) in [6.07, 6.45) is 3.01. The Labute approximate surface area is 144 Å². The molecule has 1 aromatic carbocycles. The molecule has 24 heavy (non-hydrogen) atoms. The first kappa shape index (κ1) is 16.6. The minimum absolute atomic E-state index is 0.0828. The van der Waals surface area contributed by atoms with Gasteiger partial charge < -0.3 is 19.9 Å². The molecule has 0 radical (unpaired) electrons. The lowest BCUT2D eigenvalue weighted by Crippen LogP contribution is -2.47. The number of carboxylic acid groups (broad SMARTS) is 1. The maximum Gasteiger partial charge on any atom is 0.404 e. The highest BCUT2D eigenvalue weighted by atomic mass is 35.5. The van der Waals surface area contributed by atoms with Crippen molar-refractivity contribution in [3.05, 3.63) is 41.7 Å². The number of nitrogens with one attached hydrogen (secondary N) is 1. The second kappa shape index (κ2) is 7.55. The molecule has 1 aliphatic rings. The topological polar surface area (TPSA) is 85.6 Å². The van der Waals surface area contributed by atoms with Crippen LogP contribution in [0, 0.1) is 5.92 Å². The van der Waals surface area contributed by atoms with Crippen molar-refractivity contribution in [2.75, 3.05) is 19.8 Å². The van der Waals surface area contributed by atoms with E-state index in [1.54, 1.807) is 17.1 Å². The molecule has 0 unspecified atom stereocenters. The number of ether oxygens (including phenoxy) is 2. The van der Waals surface area contributed by atoms with Crippen LogP contribution in [0.5, 0.6) is 5.75 Å². The SMILES string of the molecule is O=C(O)N[C@H]1COCC[C@@H]1COc1ccc(-n2cc(Cl)cn2)cc1. The van der Waals surface area contributed by atoms with Crippen LogP contribution in [-0.2, 0) is 4.74 Å². The van der Waals surface area contributed by atoms with Gasteiger partial charge in [-0.1, -0.05) is 11.6 Å². The van der Waals surface area contributed by atoms with Crippen molar-refractivity contribution in [1.29, 1.82) is 0 Å². The Morgan fingerprint density at radius 1 is 1.46 bits per heavy atom. The van der Waals surface area contributed by atoms with E-state index < -0.39 is 6.09 Å². The third-order valence-corrected chi connectivity index (χ3v) is 4.12. The zero-order valence-corrected chi connectivity index (χ0v) is 13.6. The van der Waals surface area contributed by atoms with Crippen LogP contribution in [0.4, 0.5) is 4.79 Å². The Balaban J connectivity index is 1.58. The molecule has 2 aromatic rings. The molecule has 2 N–H and O–H groups in total. The van der Waals surface area contributed by atoms with E-state index in [-0.39, 0.29) is 12.0 Å². The molecular formula is C16H18ClN3O4. The molecule has 1 saturated heterocycles. The zero-order chi connectivity index (χ0) is 16.9. The van der Waals surface area contributed by atoms with Crippen LogP contribution in [0.25, 0.3) is 5.69 Å². The number of rotatable bonds is 5. The van der Waals surface area contributed by atoms with Crippen molar-refractivity contribution in [1.82, 2.24) is 15.1 Å². The summed E-state index contributed by atoms with van der Waals surface area (Å²) in [5.41, 5.74) is 0.880. The van der Waals surface area contributed by atoms with Crippen LogP contribution in [0.15, 0.2) is 36.7 Å². The summed E-state index contributed by atoms with van der Waals surface area (Å²) >= 11 is 5.86. The van der Waals surface area contributed by atoms with Crippen LogP contribution in [-0.4, -0.2) is 46.8 Å². The monoisotopic (exact) mass is 351 g/mol. The predicted molar refractivity (Wildman–Crippen MR) is 87.9 cm³/mol. The lowest BCUT2D eigenvalue weighted by molar-refractivity contribution is 0.0210. The normalized spacial score (nSPS) is 20.5. The van der Waals surface area contributed by atoms with Gasteiger partial charge >= 0.3 is 6.09 Å².